The van der Waals surface area contributed by atoms with E-state index in [1.54, 1.807) is 0 Å². The molecule has 0 saturated carbocycles. The van der Waals surface area contributed by atoms with E-state index in [2.05, 4.69) is 4.74 Å². The minimum absolute atomic E-state index is 0.0833. The zero-order valence-electron chi connectivity index (χ0n) is 6.53. The highest BCUT2D eigenvalue weighted by atomic mass is 16.9. The van der Waals surface area contributed by atoms with E-state index in [4.69, 9.17) is 15.3 Å². The number of ether oxygens (including phenoxy) is 1. The van der Waals surface area contributed by atoms with Crippen LogP contribution in [0.4, 0.5) is 0 Å². The van der Waals surface area contributed by atoms with Gasteiger partial charge in [-0.2, -0.15) is 0 Å². The first-order valence-electron chi connectivity index (χ1n) is 3.52. The van der Waals surface area contributed by atoms with Crippen molar-refractivity contribution in [3.63, 3.8) is 0 Å². The molecule has 4 heteroatoms. The van der Waals surface area contributed by atoms with Crippen LogP contribution < -0.4 is 0 Å². The summed E-state index contributed by atoms with van der Waals surface area (Å²) in [7, 11) is 0. The maximum Gasteiger partial charge on any atom is 0.404 e. The van der Waals surface area contributed by atoms with E-state index in [1.165, 1.54) is 0 Å². The van der Waals surface area contributed by atoms with Gasteiger partial charge in [0.25, 0.3) is 0 Å². The molecule has 0 unspecified atom stereocenters. The lowest BCUT2D eigenvalue weighted by molar-refractivity contribution is -0.454. The van der Waals surface area contributed by atoms with Crippen LogP contribution in [-0.4, -0.2) is 28.1 Å². The van der Waals surface area contributed by atoms with Crippen LogP contribution in [0.5, 0.6) is 0 Å². The molecule has 0 atom stereocenters. The SMILES string of the molecule is CC/C=C\CCOC(O)(O)O. The Labute approximate surface area is 65.7 Å². The van der Waals surface area contributed by atoms with Gasteiger partial charge in [-0.15, -0.1) is 0 Å². The molecule has 0 saturated heterocycles. The van der Waals surface area contributed by atoms with Crippen LogP contribution in [0.1, 0.15) is 19.8 Å². The van der Waals surface area contributed by atoms with Gasteiger partial charge in [-0.3, -0.25) is 0 Å². The highest BCUT2D eigenvalue weighted by Crippen LogP contribution is 1.97. The second kappa shape index (κ2) is 5.26. The fourth-order valence-corrected chi connectivity index (χ4v) is 0.548. The summed E-state index contributed by atoms with van der Waals surface area (Å²) in [6.07, 6.45) is 2.27. The summed E-state index contributed by atoms with van der Waals surface area (Å²) in [6.45, 7) is 2.08. The van der Waals surface area contributed by atoms with Crippen LogP contribution in [0.25, 0.3) is 0 Å². The van der Waals surface area contributed by atoms with Crippen LogP contribution in [0, 0.1) is 0 Å². The number of rotatable bonds is 5. The van der Waals surface area contributed by atoms with Gasteiger partial charge in [-0.25, -0.2) is 0 Å². The molecule has 0 fully saturated rings. The Kier molecular flexibility index (Phi) is 5.06. The standard InChI is InChI=1S/C7H14O4/c1-2-3-4-5-6-11-7(8,9)10/h3-4,8-10H,2,5-6H2,1H3/b4-3-. The van der Waals surface area contributed by atoms with Crippen LogP contribution in [0.2, 0.25) is 0 Å². The Hall–Kier alpha value is -0.420. The largest absolute Gasteiger partial charge is 0.404 e. The monoisotopic (exact) mass is 162 g/mol. The Balaban J connectivity index is 3.21. The second-order valence-electron chi connectivity index (χ2n) is 2.09. The summed E-state index contributed by atoms with van der Waals surface area (Å²) in [5, 5.41) is 24.7. The molecule has 0 bridgehead atoms. The third kappa shape index (κ3) is 9.58. The van der Waals surface area contributed by atoms with Crippen LogP contribution in [-0.2, 0) is 4.74 Å². The van der Waals surface area contributed by atoms with E-state index in [9.17, 15) is 0 Å². The highest BCUT2D eigenvalue weighted by molar-refractivity contribution is 4.79. The van der Waals surface area contributed by atoms with Gasteiger partial charge in [0.15, 0.2) is 0 Å². The summed E-state index contributed by atoms with van der Waals surface area (Å²) in [5.74, 6) is 0. The van der Waals surface area contributed by atoms with Crippen LogP contribution >= 0.6 is 0 Å². The van der Waals surface area contributed by atoms with Gasteiger partial charge in [0.2, 0.25) is 0 Å². The molecule has 0 heterocycles. The lowest BCUT2D eigenvalue weighted by Gasteiger charge is -2.12. The molecule has 0 aliphatic rings. The minimum Gasteiger partial charge on any atom is -0.319 e. The van der Waals surface area contributed by atoms with Crippen LogP contribution in [0.3, 0.4) is 0 Å². The minimum atomic E-state index is -2.99. The van der Waals surface area contributed by atoms with E-state index in [1.807, 2.05) is 19.1 Å². The molecule has 11 heavy (non-hydrogen) atoms. The molecule has 0 spiro atoms. The summed E-state index contributed by atoms with van der Waals surface area (Å²) in [5.41, 5.74) is 0. The van der Waals surface area contributed by atoms with Crippen LogP contribution in [0.15, 0.2) is 12.2 Å². The van der Waals surface area contributed by atoms with Crippen molar-refractivity contribution < 1.29 is 20.1 Å². The molecule has 0 aliphatic heterocycles. The molecule has 3 N–H and O–H groups in total. The molecule has 0 aromatic rings. The average molecular weight is 162 g/mol. The Morgan fingerprint density at radius 1 is 1.27 bits per heavy atom. The molecule has 0 aromatic heterocycles. The van der Waals surface area contributed by atoms with Crippen molar-refractivity contribution in [3.05, 3.63) is 12.2 Å². The van der Waals surface area contributed by atoms with E-state index in [-0.39, 0.29) is 6.61 Å². The maximum absolute atomic E-state index is 8.24. The first-order valence-corrected chi connectivity index (χ1v) is 3.52. The van der Waals surface area contributed by atoms with Gasteiger partial charge in [-0.05, 0) is 12.8 Å². The van der Waals surface area contributed by atoms with E-state index in [0.29, 0.717) is 6.42 Å². The number of allylic oxidation sites excluding steroid dienone is 1. The van der Waals surface area contributed by atoms with Crippen molar-refractivity contribution >= 4 is 0 Å². The number of aliphatic hydroxyl groups is 3. The Morgan fingerprint density at radius 2 is 1.91 bits per heavy atom. The number of hydrogen-bond acceptors (Lipinski definition) is 4. The summed E-state index contributed by atoms with van der Waals surface area (Å²) in [6, 6.07) is 0. The first-order chi connectivity index (χ1) is 5.06. The molecule has 0 aliphatic carbocycles. The summed E-state index contributed by atoms with van der Waals surface area (Å²) in [4.78, 5) is 0. The topological polar surface area (TPSA) is 69.9 Å². The molecule has 66 valence electrons. The molecule has 4 nitrogen and oxygen atoms in total. The molecular weight excluding hydrogens is 148 g/mol. The molecular formula is C7H14O4. The van der Waals surface area contributed by atoms with E-state index < -0.39 is 6.16 Å². The van der Waals surface area contributed by atoms with Crippen molar-refractivity contribution in [2.75, 3.05) is 6.61 Å². The quantitative estimate of drug-likeness (QED) is 0.301. The van der Waals surface area contributed by atoms with Crippen molar-refractivity contribution in [2.45, 2.75) is 25.9 Å². The predicted octanol–water partition coefficient (Wildman–Crippen LogP) is -0.0525. The predicted molar refractivity (Wildman–Crippen MR) is 39.4 cm³/mol. The van der Waals surface area contributed by atoms with E-state index in [0.717, 1.165) is 6.42 Å². The fraction of sp³-hybridized carbons (Fsp3) is 0.714. The first kappa shape index (κ1) is 10.6. The molecule has 0 aromatic carbocycles. The number of hydrogen-bond donors (Lipinski definition) is 3. The molecule has 0 amide bonds. The second-order valence-corrected chi connectivity index (χ2v) is 2.09. The fourth-order valence-electron chi connectivity index (χ4n) is 0.548. The average Bonchev–Trinajstić information content (AvgIpc) is 1.85. The normalized spacial score (nSPS) is 12.7. The third-order valence-corrected chi connectivity index (χ3v) is 0.983. The van der Waals surface area contributed by atoms with Crippen molar-refractivity contribution in [1.82, 2.24) is 0 Å². The lowest BCUT2D eigenvalue weighted by Crippen LogP contribution is -2.31. The zero-order chi connectivity index (χ0) is 8.74. The van der Waals surface area contributed by atoms with Crippen molar-refractivity contribution in [1.29, 1.82) is 0 Å². The molecule has 0 radical (unpaired) electrons. The van der Waals surface area contributed by atoms with Gasteiger partial charge >= 0.3 is 6.16 Å². The van der Waals surface area contributed by atoms with Gasteiger partial charge < -0.3 is 20.1 Å². The van der Waals surface area contributed by atoms with Crippen molar-refractivity contribution in [3.8, 4) is 0 Å². The summed E-state index contributed by atoms with van der Waals surface area (Å²) >= 11 is 0. The highest BCUT2D eigenvalue weighted by Gasteiger charge is 2.17. The maximum atomic E-state index is 8.24. The smallest absolute Gasteiger partial charge is 0.319 e. The lowest BCUT2D eigenvalue weighted by atomic mass is 10.3. The zero-order valence-corrected chi connectivity index (χ0v) is 6.53. The Morgan fingerprint density at radius 3 is 2.36 bits per heavy atom. The molecule has 0 rings (SSSR count). The Bertz CT molecular complexity index is 114. The van der Waals surface area contributed by atoms with Crippen molar-refractivity contribution in [2.24, 2.45) is 0 Å². The van der Waals surface area contributed by atoms with E-state index >= 15 is 0 Å². The van der Waals surface area contributed by atoms with Gasteiger partial charge in [0, 0.05) is 0 Å². The van der Waals surface area contributed by atoms with Gasteiger partial charge in [-0.1, -0.05) is 19.1 Å². The third-order valence-electron chi connectivity index (χ3n) is 0.983. The van der Waals surface area contributed by atoms with Gasteiger partial charge in [0.05, 0.1) is 6.61 Å². The van der Waals surface area contributed by atoms with Gasteiger partial charge in [0.1, 0.15) is 0 Å². The summed E-state index contributed by atoms with van der Waals surface area (Å²) < 4.78 is 4.19.